The monoisotopic (exact) mass is 657 g/mol. The quantitative estimate of drug-likeness (QED) is 0.0562. The molecule has 4 aromatic carbocycles. The lowest BCUT2D eigenvalue weighted by Gasteiger charge is -2.22. The van der Waals surface area contributed by atoms with Gasteiger partial charge in [0, 0.05) is 21.9 Å². The molecule has 6 rings (SSSR count). The number of aryl methyl sites for hydroxylation is 1. The number of ether oxygens (including phenoxy) is 1. The van der Waals surface area contributed by atoms with Crippen LogP contribution >= 0.6 is 34.7 Å². The van der Waals surface area contributed by atoms with Gasteiger partial charge < -0.3 is 9.84 Å². The van der Waals surface area contributed by atoms with E-state index >= 15 is 4.39 Å². The molecule has 0 aliphatic carbocycles. The first-order valence-corrected chi connectivity index (χ1v) is 16.0. The second-order valence-corrected chi connectivity index (χ2v) is 12.7. The maximum Gasteiger partial charge on any atom is 0.301 e. The molecule has 1 atom stereocenters. The van der Waals surface area contributed by atoms with Gasteiger partial charge in [0.25, 0.3) is 5.78 Å². The Hall–Kier alpha value is -4.51. The summed E-state index contributed by atoms with van der Waals surface area (Å²) >= 11 is 8.74. The number of ketones is 1. The first kappa shape index (κ1) is 30.5. The molecule has 1 saturated heterocycles. The Balaban J connectivity index is 1.31. The van der Waals surface area contributed by atoms with Crippen LogP contribution in [0.3, 0.4) is 0 Å². The number of rotatable bonds is 9. The van der Waals surface area contributed by atoms with E-state index in [0.717, 1.165) is 32.9 Å². The van der Waals surface area contributed by atoms with Gasteiger partial charge in [-0.1, -0.05) is 95.4 Å². The third-order valence-corrected chi connectivity index (χ3v) is 9.81. The molecule has 11 heteroatoms. The Kier molecular flexibility index (Phi) is 8.97. The molecular weight excluding hydrogens is 633 g/mol. The van der Waals surface area contributed by atoms with Crippen LogP contribution in [0.4, 0.5) is 9.52 Å². The van der Waals surface area contributed by atoms with Crippen molar-refractivity contribution in [3.63, 3.8) is 0 Å². The zero-order chi connectivity index (χ0) is 31.5. The molecular formula is C34H25ClFN3O4S2. The lowest BCUT2D eigenvalue weighted by Crippen LogP contribution is -2.29. The smallest absolute Gasteiger partial charge is 0.301 e. The topological polar surface area (TPSA) is 92.6 Å². The van der Waals surface area contributed by atoms with Crippen molar-refractivity contribution < 1.29 is 23.8 Å². The highest BCUT2D eigenvalue weighted by molar-refractivity contribution is 8.00. The van der Waals surface area contributed by atoms with Gasteiger partial charge in [-0.15, -0.1) is 10.2 Å². The highest BCUT2D eigenvalue weighted by atomic mass is 35.5. The summed E-state index contributed by atoms with van der Waals surface area (Å²) in [6.45, 7) is 2.36. The van der Waals surface area contributed by atoms with Crippen molar-refractivity contribution >= 4 is 57.3 Å². The van der Waals surface area contributed by atoms with E-state index in [1.165, 1.54) is 30.0 Å². The zero-order valence-corrected chi connectivity index (χ0v) is 26.2. The van der Waals surface area contributed by atoms with Crippen molar-refractivity contribution in [2.24, 2.45) is 0 Å². The van der Waals surface area contributed by atoms with Crippen molar-refractivity contribution in [3.05, 3.63) is 141 Å². The molecule has 1 unspecified atom stereocenters. The number of carbonyl (C=O) groups is 2. The molecule has 5 aromatic rings. The van der Waals surface area contributed by atoms with E-state index in [0.29, 0.717) is 27.5 Å². The third kappa shape index (κ3) is 6.35. The number of aromatic nitrogens is 2. The van der Waals surface area contributed by atoms with Gasteiger partial charge in [0.2, 0.25) is 5.13 Å². The van der Waals surface area contributed by atoms with Crippen molar-refractivity contribution in [1.29, 1.82) is 0 Å². The number of hydrogen-bond acceptors (Lipinski definition) is 8. The lowest BCUT2D eigenvalue weighted by atomic mass is 9.95. The number of anilines is 1. The molecule has 1 aromatic heterocycles. The van der Waals surface area contributed by atoms with Crippen molar-refractivity contribution in [2.75, 3.05) is 4.90 Å². The minimum Gasteiger partial charge on any atom is -0.507 e. The molecule has 0 bridgehead atoms. The minimum atomic E-state index is -1.27. The summed E-state index contributed by atoms with van der Waals surface area (Å²) in [6.07, 6.45) is 0. The van der Waals surface area contributed by atoms with Crippen LogP contribution in [-0.2, 0) is 21.9 Å². The minimum absolute atomic E-state index is 0.0388. The predicted molar refractivity (Wildman–Crippen MR) is 174 cm³/mol. The number of aliphatic hydroxyl groups excluding tert-OH is 1. The van der Waals surface area contributed by atoms with E-state index in [4.69, 9.17) is 16.3 Å². The van der Waals surface area contributed by atoms with E-state index in [1.54, 1.807) is 36.4 Å². The molecule has 1 N–H and O–H groups in total. The number of nitrogens with zero attached hydrogens (tertiary/aromatic N) is 3. The molecule has 45 heavy (non-hydrogen) atoms. The summed E-state index contributed by atoms with van der Waals surface area (Å²) in [5.74, 6) is -1.92. The highest BCUT2D eigenvalue weighted by Gasteiger charge is 2.49. The van der Waals surface area contributed by atoms with Crippen LogP contribution in [0.1, 0.15) is 33.9 Å². The van der Waals surface area contributed by atoms with Gasteiger partial charge in [-0.2, -0.15) is 0 Å². The summed E-state index contributed by atoms with van der Waals surface area (Å²) in [5, 5.41) is 20.5. The molecule has 0 spiro atoms. The maximum atomic E-state index is 15.3. The van der Waals surface area contributed by atoms with Crippen molar-refractivity contribution in [2.45, 2.75) is 29.7 Å². The SMILES string of the molecule is Cc1ccccc1COc1ccc(C(O)=C2C(=O)C(=O)N(c3nnc(SCc4ccccc4Cl)s3)C2c2ccccc2F)cc1. The molecule has 226 valence electrons. The van der Waals surface area contributed by atoms with Gasteiger partial charge in [-0.3, -0.25) is 14.5 Å². The van der Waals surface area contributed by atoms with Gasteiger partial charge >= 0.3 is 5.91 Å². The fourth-order valence-electron chi connectivity index (χ4n) is 4.93. The number of carbonyl (C=O) groups excluding carboxylic acids is 2. The largest absolute Gasteiger partial charge is 0.507 e. The molecule has 0 radical (unpaired) electrons. The molecule has 1 aliphatic rings. The highest BCUT2D eigenvalue weighted by Crippen LogP contribution is 2.45. The standard InChI is InChI=1S/C34H25ClFN3O4S2/c1-20-8-2-3-9-22(20)18-43-24-16-14-21(15-17-24)30(40)28-29(25-11-5-7-13-27(25)36)39(32(42)31(28)41)33-37-38-34(45-33)44-19-23-10-4-6-12-26(23)35/h2-17,29,40H,18-19H2,1H3. The van der Waals surface area contributed by atoms with Crippen molar-refractivity contribution in [3.8, 4) is 5.75 Å². The van der Waals surface area contributed by atoms with Crippen LogP contribution in [0.5, 0.6) is 5.75 Å². The Morgan fingerprint density at radius 3 is 2.38 bits per heavy atom. The summed E-state index contributed by atoms with van der Waals surface area (Å²) in [6, 6.07) is 26.4. The normalized spacial score (nSPS) is 15.9. The van der Waals surface area contributed by atoms with E-state index in [9.17, 15) is 14.7 Å². The maximum absolute atomic E-state index is 15.3. The first-order valence-electron chi connectivity index (χ1n) is 13.8. The average Bonchev–Trinajstić information content (AvgIpc) is 3.62. The van der Waals surface area contributed by atoms with Gasteiger partial charge in [0.05, 0.1) is 5.57 Å². The van der Waals surface area contributed by atoms with Crippen LogP contribution in [0.15, 0.2) is 107 Å². The van der Waals surface area contributed by atoms with Gasteiger partial charge in [-0.25, -0.2) is 4.39 Å². The van der Waals surface area contributed by atoms with Crippen molar-refractivity contribution in [1.82, 2.24) is 10.2 Å². The third-order valence-electron chi connectivity index (χ3n) is 7.34. The number of benzene rings is 4. The Labute approximate surface area is 272 Å². The Morgan fingerprint density at radius 1 is 0.956 bits per heavy atom. The first-order chi connectivity index (χ1) is 21.8. The zero-order valence-electron chi connectivity index (χ0n) is 23.8. The fourth-order valence-corrected chi connectivity index (χ4v) is 7.08. The number of amides is 1. The summed E-state index contributed by atoms with van der Waals surface area (Å²) in [5.41, 5.74) is 3.10. The van der Waals surface area contributed by atoms with E-state index in [1.807, 2.05) is 49.4 Å². The van der Waals surface area contributed by atoms with E-state index in [-0.39, 0.29) is 21.8 Å². The number of thioether (sulfide) groups is 1. The molecule has 1 fully saturated rings. The summed E-state index contributed by atoms with van der Waals surface area (Å²) in [4.78, 5) is 28.1. The Bertz CT molecular complexity index is 1930. The molecule has 1 aliphatic heterocycles. The van der Waals surface area contributed by atoms with Crippen LogP contribution in [-0.4, -0.2) is 27.0 Å². The number of aliphatic hydroxyl groups is 1. The van der Waals surface area contributed by atoms with Gasteiger partial charge in [0.1, 0.15) is 30.0 Å². The molecule has 1 amide bonds. The number of halogens is 2. The molecule has 0 saturated carbocycles. The van der Waals surface area contributed by atoms with E-state index < -0.39 is 29.3 Å². The summed E-state index contributed by atoms with van der Waals surface area (Å²) < 4.78 is 21.7. The van der Waals surface area contributed by atoms with Crippen LogP contribution in [0.25, 0.3) is 5.76 Å². The average molecular weight is 658 g/mol. The van der Waals surface area contributed by atoms with Crippen LogP contribution < -0.4 is 9.64 Å². The molecule has 7 nitrogen and oxygen atoms in total. The second-order valence-electron chi connectivity index (χ2n) is 10.2. The van der Waals surface area contributed by atoms with Gasteiger partial charge in [0.15, 0.2) is 4.34 Å². The Morgan fingerprint density at radius 2 is 1.64 bits per heavy atom. The molecule has 2 heterocycles. The fraction of sp³-hybridized carbons (Fsp3) is 0.118. The van der Waals surface area contributed by atoms with Crippen LogP contribution in [0, 0.1) is 12.7 Å². The number of hydrogen-bond donors (Lipinski definition) is 1. The second kappa shape index (κ2) is 13.2. The van der Waals surface area contributed by atoms with Crippen LogP contribution in [0.2, 0.25) is 5.02 Å². The summed E-state index contributed by atoms with van der Waals surface area (Å²) in [7, 11) is 0. The van der Waals surface area contributed by atoms with Gasteiger partial charge in [-0.05, 0) is 60.0 Å². The lowest BCUT2D eigenvalue weighted by molar-refractivity contribution is -0.132. The number of Topliss-reactive ketones (excluding diaryl/α,β-unsaturated/α-hetero) is 1. The van der Waals surface area contributed by atoms with E-state index in [2.05, 4.69) is 10.2 Å². The predicted octanol–water partition coefficient (Wildman–Crippen LogP) is 8.14.